The number of hydrogen-bond donors (Lipinski definition) is 0. The number of anilines is 3. The first-order valence-corrected chi connectivity index (χ1v) is 16.3. The van der Waals surface area contributed by atoms with Crippen LogP contribution in [0.2, 0.25) is 0 Å². The second-order valence-electron chi connectivity index (χ2n) is 12.3. The van der Waals surface area contributed by atoms with Crippen molar-refractivity contribution in [2.75, 3.05) is 4.90 Å². The van der Waals surface area contributed by atoms with Crippen LogP contribution < -0.4 is 4.90 Å². The third-order valence-electron chi connectivity index (χ3n) is 9.37. The normalized spacial score (nSPS) is 11.2. The van der Waals surface area contributed by atoms with Crippen LogP contribution in [-0.4, -0.2) is 0 Å². The highest BCUT2D eigenvalue weighted by Gasteiger charge is 2.20. The molecule has 0 heterocycles. The van der Waals surface area contributed by atoms with E-state index in [0.717, 1.165) is 5.69 Å². The Kier molecular flexibility index (Phi) is 7.36. The lowest BCUT2D eigenvalue weighted by molar-refractivity contribution is 1.30. The predicted octanol–water partition coefficient (Wildman–Crippen LogP) is 13.1. The molecular formula is C46H35N. The summed E-state index contributed by atoms with van der Waals surface area (Å²) in [6.45, 7) is 4.40. The molecule has 0 fully saturated rings. The average Bonchev–Trinajstić information content (AvgIpc) is 3.14. The molecular weight excluding hydrogens is 567 g/mol. The molecule has 0 atom stereocenters. The van der Waals surface area contributed by atoms with Crippen LogP contribution in [0.25, 0.3) is 54.9 Å². The zero-order valence-electron chi connectivity index (χ0n) is 26.7. The molecule has 1 heteroatoms. The van der Waals surface area contributed by atoms with E-state index in [2.05, 4.69) is 195 Å². The van der Waals surface area contributed by atoms with E-state index in [0.29, 0.717) is 0 Å². The Morgan fingerprint density at radius 1 is 0.319 bits per heavy atom. The van der Waals surface area contributed by atoms with Crippen LogP contribution >= 0.6 is 0 Å². The molecule has 0 aliphatic heterocycles. The number of aryl methyl sites for hydroxylation is 2. The molecule has 0 saturated heterocycles. The molecule has 0 aromatic heterocycles. The van der Waals surface area contributed by atoms with Gasteiger partial charge in [0.1, 0.15) is 0 Å². The van der Waals surface area contributed by atoms with Gasteiger partial charge >= 0.3 is 0 Å². The van der Waals surface area contributed by atoms with Gasteiger partial charge in [0.2, 0.25) is 0 Å². The van der Waals surface area contributed by atoms with E-state index in [1.165, 1.54) is 77.4 Å². The Bertz CT molecular complexity index is 2270. The van der Waals surface area contributed by atoms with E-state index in [4.69, 9.17) is 0 Å². The van der Waals surface area contributed by atoms with Gasteiger partial charge in [0.25, 0.3) is 0 Å². The fourth-order valence-electron chi connectivity index (χ4n) is 6.92. The van der Waals surface area contributed by atoms with Crippen LogP contribution in [-0.2, 0) is 0 Å². The summed E-state index contributed by atoms with van der Waals surface area (Å²) in [5, 5.41) is 5.01. The molecule has 0 spiro atoms. The maximum absolute atomic E-state index is 2.46. The van der Waals surface area contributed by atoms with Crippen molar-refractivity contribution < 1.29 is 0 Å². The first-order valence-electron chi connectivity index (χ1n) is 16.3. The third kappa shape index (κ3) is 5.26. The summed E-state index contributed by atoms with van der Waals surface area (Å²) in [6.07, 6.45) is 0. The minimum atomic E-state index is 1.12. The van der Waals surface area contributed by atoms with Crippen molar-refractivity contribution in [1.29, 1.82) is 0 Å². The number of benzene rings is 8. The van der Waals surface area contributed by atoms with Gasteiger partial charge in [-0.25, -0.2) is 0 Å². The van der Waals surface area contributed by atoms with Crippen molar-refractivity contribution in [2.24, 2.45) is 0 Å². The van der Waals surface area contributed by atoms with Gasteiger partial charge in [-0.1, -0.05) is 152 Å². The van der Waals surface area contributed by atoms with Crippen molar-refractivity contribution >= 4 is 38.6 Å². The van der Waals surface area contributed by atoms with Crippen LogP contribution in [0.15, 0.2) is 176 Å². The number of rotatable bonds is 6. The molecule has 0 unspecified atom stereocenters. The van der Waals surface area contributed by atoms with E-state index in [1.54, 1.807) is 0 Å². The van der Waals surface area contributed by atoms with Gasteiger partial charge in [-0.05, 0) is 93.4 Å². The highest BCUT2D eigenvalue weighted by molar-refractivity contribution is 6.06. The quantitative estimate of drug-likeness (QED) is 0.183. The summed E-state index contributed by atoms with van der Waals surface area (Å²) in [7, 11) is 0. The van der Waals surface area contributed by atoms with Gasteiger partial charge in [-0.2, -0.15) is 0 Å². The molecule has 0 N–H and O–H groups in total. The van der Waals surface area contributed by atoms with Gasteiger partial charge in [0.05, 0.1) is 11.4 Å². The van der Waals surface area contributed by atoms with Gasteiger partial charge < -0.3 is 4.90 Å². The van der Waals surface area contributed by atoms with E-state index in [-0.39, 0.29) is 0 Å². The zero-order valence-corrected chi connectivity index (χ0v) is 26.7. The standard InChI is InChI=1S/C46H35N/c1-32-21-29-45(42-19-11-9-17-39(32)42)47(46-30-22-33(2)40-18-10-12-20-43(40)46)38-27-28-41(44(31-38)36-15-7-4-8-16-36)37-25-23-35(24-26-37)34-13-5-3-6-14-34/h3-31H,1-2H3. The predicted molar refractivity (Wildman–Crippen MR) is 202 cm³/mol. The van der Waals surface area contributed by atoms with E-state index in [1.807, 2.05) is 0 Å². The van der Waals surface area contributed by atoms with Crippen molar-refractivity contribution in [3.8, 4) is 33.4 Å². The van der Waals surface area contributed by atoms with Crippen LogP contribution in [0.5, 0.6) is 0 Å². The fraction of sp³-hybridized carbons (Fsp3) is 0.0435. The lowest BCUT2D eigenvalue weighted by atomic mass is 9.92. The van der Waals surface area contributed by atoms with Crippen molar-refractivity contribution in [2.45, 2.75) is 13.8 Å². The van der Waals surface area contributed by atoms with Crippen molar-refractivity contribution in [3.63, 3.8) is 0 Å². The molecule has 8 aromatic rings. The highest BCUT2D eigenvalue weighted by Crippen LogP contribution is 2.45. The smallest absolute Gasteiger partial charge is 0.0540 e. The summed E-state index contributed by atoms with van der Waals surface area (Å²) >= 11 is 0. The minimum Gasteiger partial charge on any atom is -0.309 e. The van der Waals surface area contributed by atoms with Gasteiger partial charge in [0.15, 0.2) is 0 Å². The number of hydrogen-bond acceptors (Lipinski definition) is 1. The Morgan fingerprint density at radius 3 is 1.30 bits per heavy atom. The van der Waals surface area contributed by atoms with Gasteiger partial charge in [-0.15, -0.1) is 0 Å². The topological polar surface area (TPSA) is 3.24 Å². The summed E-state index contributed by atoms with van der Waals surface area (Å²) in [6, 6.07) is 63.9. The number of nitrogens with zero attached hydrogens (tertiary/aromatic N) is 1. The molecule has 47 heavy (non-hydrogen) atoms. The molecule has 0 radical (unpaired) electrons. The summed E-state index contributed by atoms with van der Waals surface area (Å²) < 4.78 is 0. The second-order valence-corrected chi connectivity index (χ2v) is 12.3. The Labute approximate surface area is 277 Å². The molecule has 8 aromatic carbocycles. The summed E-state index contributed by atoms with van der Waals surface area (Å²) in [5.74, 6) is 0. The van der Waals surface area contributed by atoms with E-state index >= 15 is 0 Å². The minimum absolute atomic E-state index is 1.12. The summed E-state index contributed by atoms with van der Waals surface area (Å²) in [4.78, 5) is 2.46. The molecule has 0 bridgehead atoms. The maximum atomic E-state index is 2.46. The first-order chi connectivity index (χ1) is 23.2. The number of fused-ring (bicyclic) bond motifs is 2. The molecule has 0 aliphatic rings. The lowest BCUT2D eigenvalue weighted by Crippen LogP contribution is -2.12. The van der Waals surface area contributed by atoms with Crippen LogP contribution in [0.1, 0.15) is 11.1 Å². The molecule has 224 valence electrons. The molecule has 0 amide bonds. The Hall–Kier alpha value is -5.92. The van der Waals surface area contributed by atoms with E-state index in [9.17, 15) is 0 Å². The molecule has 0 aliphatic carbocycles. The third-order valence-corrected chi connectivity index (χ3v) is 9.37. The largest absolute Gasteiger partial charge is 0.309 e. The maximum Gasteiger partial charge on any atom is 0.0540 e. The summed E-state index contributed by atoms with van der Waals surface area (Å²) in [5.41, 5.74) is 13.3. The molecule has 8 rings (SSSR count). The SMILES string of the molecule is Cc1ccc(N(c2ccc(-c3ccc(-c4ccccc4)cc3)c(-c3ccccc3)c2)c2ccc(C)c3ccccc23)c2ccccc12. The first kappa shape index (κ1) is 28.5. The van der Waals surface area contributed by atoms with Crippen LogP contribution in [0.4, 0.5) is 17.1 Å². The van der Waals surface area contributed by atoms with E-state index < -0.39 is 0 Å². The highest BCUT2D eigenvalue weighted by atomic mass is 15.1. The molecule has 0 saturated carbocycles. The Morgan fingerprint density at radius 2 is 0.745 bits per heavy atom. The fourth-order valence-corrected chi connectivity index (χ4v) is 6.92. The van der Waals surface area contributed by atoms with Crippen molar-refractivity contribution in [3.05, 3.63) is 187 Å². The van der Waals surface area contributed by atoms with Gasteiger partial charge in [-0.3, -0.25) is 0 Å². The second kappa shape index (κ2) is 12.1. The van der Waals surface area contributed by atoms with Crippen LogP contribution in [0, 0.1) is 13.8 Å². The lowest BCUT2D eigenvalue weighted by Gasteiger charge is -2.29. The zero-order chi connectivity index (χ0) is 31.7. The average molecular weight is 602 g/mol. The van der Waals surface area contributed by atoms with Gasteiger partial charge in [0, 0.05) is 16.5 Å². The monoisotopic (exact) mass is 601 g/mol. The Balaban J connectivity index is 1.37. The van der Waals surface area contributed by atoms with Crippen molar-refractivity contribution in [1.82, 2.24) is 0 Å². The molecule has 1 nitrogen and oxygen atoms in total. The van der Waals surface area contributed by atoms with Crippen LogP contribution in [0.3, 0.4) is 0 Å².